The summed E-state index contributed by atoms with van der Waals surface area (Å²) in [5.41, 5.74) is 7.53. The number of hydrogen-bond acceptors (Lipinski definition) is 0. The molecule has 0 amide bonds. The van der Waals surface area contributed by atoms with E-state index < -0.39 is 0 Å². The molecule has 0 atom stereocenters. The van der Waals surface area contributed by atoms with E-state index in [0.29, 0.717) is 0 Å². The zero-order valence-corrected chi connectivity index (χ0v) is 7.72. The lowest BCUT2D eigenvalue weighted by Gasteiger charge is -1.93. The Morgan fingerprint density at radius 2 is 1.92 bits per heavy atom. The van der Waals surface area contributed by atoms with E-state index in [1.165, 1.54) is 5.57 Å². The summed E-state index contributed by atoms with van der Waals surface area (Å²) in [7, 11) is 0. The highest BCUT2D eigenvalue weighted by Crippen LogP contribution is 2.03. The van der Waals surface area contributed by atoms with Gasteiger partial charge in [0.2, 0.25) is 0 Å². The van der Waals surface area contributed by atoms with Crippen LogP contribution in [-0.2, 0) is 0 Å². The molecule has 0 aromatic heterocycles. The molecule has 0 aliphatic rings. The molecule has 0 bridgehead atoms. The van der Waals surface area contributed by atoms with Gasteiger partial charge in [0.15, 0.2) is 0 Å². The first-order chi connectivity index (χ1) is 5.68. The van der Waals surface area contributed by atoms with E-state index in [-0.39, 0.29) is 0 Å². The topological polar surface area (TPSA) is 0 Å². The average Bonchev–Trinajstić information content (AvgIpc) is 2.03. The largest absolute Gasteiger partial charge is 0.0958 e. The van der Waals surface area contributed by atoms with Crippen molar-refractivity contribution < 1.29 is 0 Å². The predicted octanol–water partition coefficient (Wildman–Crippen LogP) is 3.56. The van der Waals surface area contributed by atoms with E-state index >= 15 is 0 Å². The van der Waals surface area contributed by atoms with Crippen LogP contribution in [0.5, 0.6) is 0 Å². The van der Waals surface area contributed by atoms with E-state index in [1.807, 2.05) is 32.1 Å². The van der Waals surface area contributed by atoms with Gasteiger partial charge in [-0.2, -0.15) is 0 Å². The summed E-state index contributed by atoms with van der Waals surface area (Å²) < 4.78 is 0. The highest BCUT2D eigenvalue weighted by Gasteiger charge is 1.83. The second-order valence-corrected chi connectivity index (χ2v) is 2.50. The molecule has 62 valence electrons. The van der Waals surface area contributed by atoms with Crippen LogP contribution in [0.2, 0.25) is 0 Å². The zero-order valence-electron chi connectivity index (χ0n) is 7.72. The molecular weight excluding hydrogens is 144 g/mol. The van der Waals surface area contributed by atoms with E-state index in [4.69, 9.17) is 0 Å². The lowest BCUT2D eigenvalue weighted by molar-refractivity contribution is 1.36. The van der Waals surface area contributed by atoms with Gasteiger partial charge in [0.25, 0.3) is 0 Å². The summed E-state index contributed by atoms with van der Waals surface area (Å²) in [6.45, 7) is 11.2. The summed E-state index contributed by atoms with van der Waals surface area (Å²) in [6.07, 6.45) is 7.58. The molecule has 12 heavy (non-hydrogen) atoms. The van der Waals surface area contributed by atoms with Gasteiger partial charge in [0, 0.05) is 0 Å². The van der Waals surface area contributed by atoms with E-state index in [0.717, 1.165) is 5.57 Å². The van der Waals surface area contributed by atoms with E-state index in [9.17, 15) is 0 Å². The molecule has 0 heteroatoms. The maximum atomic E-state index is 3.82. The smallest absolute Gasteiger partial charge is 0.0116 e. The third-order valence-electron chi connectivity index (χ3n) is 1.41. The fourth-order valence-corrected chi connectivity index (χ4v) is 0.505. The van der Waals surface area contributed by atoms with Crippen LogP contribution in [0.4, 0.5) is 0 Å². The molecule has 0 fully saturated rings. The van der Waals surface area contributed by atoms with Crippen LogP contribution in [0.1, 0.15) is 13.8 Å². The molecule has 0 saturated heterocycles. The van der Waals surface area contributed by atoms with Crippen molar-refractivity contribution in [2.24, 2.45) is 0 Å². The molecule has 0 N–H and O–H groups in total. The quantitative estimate of drug-likeness (QED) is 0.435. The van der Waals surface area contributed by atoms with Gasteiger partial charge in [-0.25, -0.2) is 0 Å². The monoisotopic (exact) mass is 158 g/mol. The molecule has 0 saturated carbocycles. The average molecular weight is 158 g/mol. The number of rotatable bonds is 3. The van der Waals surface area contributed by atoms with E-state index in [2.05, 4.69) is 24.6 Å². The molecule has 0 spiro atoms. The summed E-state index contributed by atoms with van der Waals surface area (Å²) in [5, 5.41) is 0. The summed E-state index contributed by atoms with van der Waals surface area (Å²) >= 11 is 0. The third-order valence-corrected chi connectivity index (χ3v) is 1.41. The molecular formula is C12H14. The Kier molecular flexibility index (Phi) is 5.47. The maximum Gasteiger partial charge on any atom is -0.0116 e. The third kappa shape index (κ3) is 5.32. The molecule has 0 rings (SSSR count). The van der Waals surface area contributed by atoms with Crippen molar-refractivity contribution >= 4 is 0 Å². The van der Waals surface area contributed by atoms with Crippen molar-refractivity contribution in [1.82, 2.24) is 0 Å². The minimum absolute atomic E-state index is 1.09. The second-order valence-electron chi connectivity index (χ2n) is 2.50. The Morgan fingerprint density at radius 1 is 1.25 bits per heavy atom. The van der Waals surface area contributed by atoms with Crippen LogP contribution in [0, 0.1) is 0 Å². The van der Waals surface area contributed by atoms with Crippen molar-refractivity contribution in [1.29, 1.82) is 0 Å². The van der Waals surface area contributed by atoms with Gasteiger partial charge < -0.3 is 0 Å². The predicted molar refractivity (Wildman–Crippen MR) is 54.9 cm³/mol. The van der Waals surface area contributed by atoms with Gasteiger partial charge in [0.1, 0.15) is 0 Å². The standard InChI is InChI=1S/C12H14/c1-5-6-7-8-9-10-12(4)11(2)3/h7-10H,1-2H2,3-4H3/b9-8?,12-10+. The van der Waals surface area contributed by atoms with Crippen LogP contribution >= 0.6 is 0 Å². The fourth-order valence-electron chi connectivity index (χ4n) is 0.505. The van der Waals surface area contributed by atoms with Gasteiger partial charge in [-0.05, 0) is 32.1 Å². The summed E-state index contributed by atoms with van der Waals surface area (Å²) in [6, 6.07) is 0. The van der Waals surface area contributed by atoms with Gasteiger partial charge >= 0.3 is 0 Å². The Labute approximate surface area is 74.6 Å². The van der Waals surface area contributed by atoms with Crippen LogP contribution in [0.25, 0.3) is 0 Å². The zero-order chi connectivity index (χ0) is 9.40. The number of allylic oxidation sites excluding steroid dienone is 6. The maximum absolute atomic E-state index is 3.82. The van der Waals surface area contributed by atoms with Gasteiger partial charge in [-0.3, -0.25) is 0 Å². The molecule has 0 aromatic carbocycles. The molecule has 0 nitrogen and oxygen atoms in total. The van der Waals surface area contributed by atoms with Crippen molar-refractivity contribution in [2.75, 3.05) is 0 Å². The minimum Gasteiger partial charge on any atom is -0.0958 e. The van der Waals surface area contributed by atoms with Crippen LogP contribution in [-0.4, -0.2) is 0 Å². The highest BCUT2D eigenvalue weighted by atomic mass is 13.9. The Morgan fingerprint density at radius 3 is 2.42 bits per heavy atom. The first-order valence-corrected chi connectivity index (χ1v) is 3.78. The van der Waals surface area contributed by atoms with Crippen LogP contribution in [0.3, 0.4) is 0 Å². The molecule has 0 aliphatic heterocycles. The summed E-state index contributed by atoms with van der Waals surface area (Å²) in [5.74, 6) is 0. The lowest BCUT2D eigenvalue weighted by Crippen LogP contribution is -1.72. The van der Waals surface area contributed by atoms with Gasteiger partial charge in [-0.1, -0.05) is 41.8 Å². The highest BCUT2D eigenvalue weighted by molar-refractivity contribution is 5.28. The van der Waals surface area contributed by atoms with Crippen molar-refractivity contribution in [3.05, 3.63) is 60.1 Å². The molecule has 0 heterocycles. The summed E-state index contributed by atoms with van der Waals surface area (Å²) in [4.78, 5) is 0. The van der Waals surface area contributed by atoms with Gasteiger partial charge in [-0.15, -0.1) is 0 Å². The van der Waals surface area contributed by atoms with Crippen LogP contribution < -0.4 is 0 Å². The molecule has 0 radical (unpaired) electrons. The van der Waals surface area contributed by atoms with Crippen molar-refractivity contribution in [3.63, 3.8) is 0 Å². The Bertz CT molecular complexity index is 288. The molecule has 0 aromatic rings. The Balaban J connectivity index is 4.22. The minimum atomic E-state index is 1.09. The van der Waals surface area contributed by atoms with E-state index in [1.54, 1.807) is 6.08 Å². The fraction of sp³-hybridized carbons (Fsp3) is 0.167. The number of hydrogen-bond donors (Lipinski definition) is 0. The Hall–Kier alpha value is -1.48. The van der Waals surface area contributed by atoms with Crippen molar-refractivity contribution in [2.45, 2.75) is 13.8 Å². The van der Waals surface area contributed by atoms with Gasteiger partial charge in [0.05, 0.1) is 0 Å². The van der Waals surface area contributed by atoms with Crippen molar-refractivity contribution in [3.8, 4) is 0 Å². The SMILES string of the molecule is C=C=C=CC=C/C=C(\C)C(=C)C. The van der Waals surface area contributed by atoms with Crippen LogP contribution in [0.15, 0.2) is 60.1 Å². The molecule has 0 unspecified atom stereocenters. The molecule has 0 aliphatic carbocycles. The second kappa shape index (κ2) is 6.24. The normalized spacial score (nSPS) is 10.7. The lowest BCUT2D eigenvalue weighted by atomic mass is 10.1. The first kappa shape index (κ1) is 10.5. The first-order valence-electron chi connectivity index (χ1n) is 3.78.